The number of benzene rings is 1. The van der Waals surface area contributed by atoms with Crippen molar-refractivity contribution in [2.75, 3.05) is 13.6 Å². The van der Waals surface area contributed by atoms with Crippen LogP contribution in [0.15, 0.2) is 51.5 Å². The van der Waals surface area contributed by atoms with Crippen LogP contribution >= 0.6 is 27.3 Å². The monoisotopic (exact) mass is 432 g/mol. The third-order valence-corrected chi connectivity index (χ3v) is 5.35. The fourth-order valence-corrected chi connectivity index (χ4v) is 4.08. The van der Waals surface area contributed by atoms with Crippen LogP contribution < -0.4 is 5.32 Å². The molecule has 2 heterocycles. The van der Waals surface area contributed by atoms with Gasteiger partial charge in [-0.25, -0.2) is 9.98 Å². The second kappa shape index (κ2) is 8.95. The maximum atomic E-state index is 4.79. The molecule has 0 aliphatic rings. The second-order valence-corrected chi connectivity index (χ2v) is 8.31. The molecule has 26 heavy (non-hydrogen) atoms. The van der Waals surface area contributed by atoms with Crippen LogP contribution in [0.1, 0.15) is 17.4 Å². The van der Waals surface area contributed by atoms with Crippen molar-refractivity contribution < 1.29 is 0 Å². The Labute approximate surface area is 165 Å². The van der Waals surface area contributed by atoms with Crippen LogP contribution in [0.4, 0.5) is 0 Å². The molecule has 8 heteroatoms. The minimum absolute atomic E-state index is 0.600. The zero-order valence-corrected chi connectivity index (χ0v) is 17.1. The first-order chi connectivity index (χ1) is 12.7. The van der Waals surface area contributed by atoms with E-state index in [0.717, 1.165) is 39.8 Å². The summed E-state index contributed by atoms with van der Waals surface area (Å²) in [5.41, 5.74) is 2.14. The molecule has 3 aromatic rings. The molecule has 0 amide bonds. The molecule has 0 fully saturated rings. The topological polar surface area (TPSA) is 69.2 Å². The van der Waals surface area contributed by atoms with Crippen molar-refractivity contribution in [3.8, 4) is 11.4 Å². The number of aromatic nitrogens is 3. The van der Waals surface area contributed by atoms with E-state index >= 15 is 0 Å². The Hall–Kier alpha value is -2.19. The molecule has 0 aliphatic carbocycles. The molecule has 0 radical (unpaired) electrons. The lowest BCUT2D eigenvalue weighted by Crippen LogP contribution is -2.38. The summed E-state index contributed by atoms with van der Waals surface area (Å²) in [7, 11) is 2.06. The molecule has 0 aliphatic heterocycles. The zero-order chi connectivity index (χ0) is 18.4. The summed E-state index contributed by atoms with van der Waals surface area (Å²) in [5, 5.41) is 10.2. The molecule has 6 nitrogen and oxygen atoms in total. The van der Waals surface area contributed by atoms with Gasteiger partial charge in [-0.15, -0.1) is 11.3 Å². The van der Waals surface area contributed by atoms with Crippen LogP contribution in [0.3, 0.4) is 0 Å². The average molecular weight is 433 g/mol. The average Bonchev–Trinajstić information content (AvgIpc) is 3.31. The summed E-state index contributed by atoms with van der Waals surface area (Å²) in [6.07, 6.45) is 1.52. The molecule has 136 valence electrons. The van der Waals surface area contributed by atoms with Crippen molar-refractivity contribution in [1.82, 2.24) is 25.4 Å². The minimum Gasteiger partial charge on any atom is -0.357 e. The van der Waals surface area contributed by atoms with Crippen LogP contribution in [0.5, 0.6) is 0 Å². The van der Waals surface area contributed by atoms with Crippen molar-refractivity contribution in [2.45, 2.75) is 20.0 Å². The third kappa shape index (κ3) is 4.92. The summed E-state index contributed by atoms with van der Waals surface area (Å²) >= 11 is 5.26. The largest absolute Gasteiger partial charge is 0.357 e. The maximum Gasteiger partial charge on any atom is 0.194 e. The van der Waals surface area contributed by atoms with Crippen LogP contribution in [-0.4, -0.2) is 39.6 Å². The fourth-order valence-electron chi connectivity index (χ4n) is 2.54. The van der Waals surface area contributed by atoms with Crippen molar-refractivity contribution >= 4 is 33.2 Å². The Morgan fingerprint density at radius 1 is 1.35 bits per heavy atom. The molecule has 0 saturated carbocycles. The number of rotatable bonds is 6. The van der Waals surface area contributed by atoms with E-state index in [1.54, 1.807) is 11.3 Å². The summed E-state index contributed by atoms with van der Waals surface area (Å²) in [6, 6.07) is 12.4. The third-order valence-electron chi connectivity index (χ3n) is 3.75. The molecule has 2 aromatic heterocycles. The number of guanidine groups is 1. The zero-order valence-electron chi connectivity index (χ0n) is 14.7. The van der Waals surface area contributed by atoms with Crippen molar-refractivity contribution in [2.24, 2.45) is 4.99 Å². The molecule has 0 unspecified atom stereocenters. The van der Waals surface area contributed by atoms with Crippen LogP contribution in [0, 0.1) is 0 Å². The fraction of sp³-hybridized carbons (Fsp3) is 0.278. The highest BCUT2D eigenvalue weighted by Crippen LogP contribution is 2.23. The quantitative estimate of drug-likeness (QED) is 0.457. The molecular weight excluding hydrogens is 412 g/mol. The van der Waals surface area contributed by atoms with E-state index in [0.29, 0.717) is 6.54 Å². The first-order valence-electron chi connectivity index (χ1n) is 8.34. The van der Waals surface area contributed by atoms with E-state index in [2.05, 4.69) is 79.6 Å². The van der Waals surface area contributed by atoms with Crippen LogP contribution in [0.2, 0.25) is 0 Å². The molecule has 0 bridgehead atoms. The number of thiophene rings is 1. The van der Waals surface area contributed by atoms with Crippen molar-refractivity contribution in [3.05, 3.63) is 57.0 Å². The summed E-state index contributed by atoms with van der Waals surface area (Å²) in [6.45, 7) is 4.33. The molecular formula is C18H21BrN6S. The highest BCUT2D eigenvalue weighted by Gasteiger charge is 2.08. The van der Waals surface area contributed by atoms with E-state index in [-0.39, 0.29) is 0 Å². The predicted molar refractivity (Wildman–Crippen MR) is 110 cm³/mol. The highest BCUT2D eigenvalue weighted by molar-refractivity contribution is 9.11. The molecule has 0 spiro atoms. The number of aliphatic imine (C=N–C) groups is 1. The molecule has 1 aromatic carbocycles. The number of nitrogens with one attached hydrogen (secondary N) is 2. The second-order valence-electron chi connectivity index (χ2n) is 5.77. The van der Waals surface area contributed by atoms with Gasteiger partial charge in [0.05, 0.1) is 16.9 Å². The molecule has 0 atom stereocenters. The molecule has 2 N–H and O–H groups in total. The van der Waals surface area contributed by atoms with Gasteiger partial charge < -0.3 is 10.2 Å². The smallest absolute Gasteiger partial charge is 0.194 e. The number of aromatic amines is 1. The molecule has 0 saturated heterocycles. The first-order valence-corrected chi connectivity index (χ1v) is 9.95. The summed E-state index contributed by atoms with van der Waals surface area (Å²) in [5.74, 6) is 1.66. The van der Waals surface area contributed by atoms with E-state index in [1.807, 2.05) is 12.1 Å². The van der Waals surface area contributed by atoms with Gasteiger partial charge in [0.1, 0.15) is 6.33 Å². The Kier molecular flexibility index (Phi) is 6.40. The molecule has 3 rings (SSSR count). The standard InChI is InChI=1S/C18H21BrN6S/c1-3-20-18(25(2)11-15-7-8-16(19)26-15)21-10-13-5-4-6-14(9-13)17-22-12-23-24-17/h4-9,12H,3,10-11H2,1-2H3,(H,20,21)(H,22,23,24). The maximum absolute atomic E-state index is 4.79. The number of hydrogen-bond acceptors (Lipinski definition) is 4. The SMILES string of the molecule is CCNC(=NCc1cccc(-c2ncn[nH]2)c1)N(C)Cc1ccc(Br)s1. The number of hydrogen-bond donors (Lipinski definition) is 2. The summed E-state index contributed by atoms with van der Waals surface area (Å²) in [4.78, 5) is 12.4. The lowest BCUT2D eigenvalue weighted by atomic mass is 10.1. The first kappa shape index (κ1) is 18.6. The van der Waals surface area contributed by atoms with Gasteiger partial charge in [0, 0.05) is 24.0 Å². The van der Waals surface area contributed by atoms with Gasteiger partial charge >= 0.3 is 0 Å². The van der Waals surface area contributed by atoms with Crippen molar-refractivity contribution in [1.29, 1.82) is 0 Å². The van der Waals surface area contributed by atoms with Gasteiger partial charge in [-0.2, -0.15) is 5.10 Å². The van der Waals surface area contributed by atoms with E-state index in [4.69, 9.17) is 4.99 Å². The Bertz CT molecular complexity index is 858. The Balaban J connectivity index is 1.71. The Morgan fingerprint density at radius 2 is 2.23 bits per heavy atom. The van der Waals surface area contributed by atoms with Gasteiger partial charge in [0.2, 0.25) is 0 Å². The van der Waals surface area contributed by atoms with Gasteiger partial charge in [-0.3, -0.25) is 5.10 Å². The van der Waals surface area contributed by atoms with E-state index in [9.17, 15) is 0 Å². The lowest BCUT2D eigenvalue weighted by molar-refractivity contribution is 0.481. The highest BCUT2D eigenvalue weighted by atomic mass is 79.9. The number of halogens is 1. The van der Waals surface area contributed by atoms with Gasteiger partial charge in [0.15, 0.2) is 11.8 Å². The van der Waals surface area contributed by atoms with E-state index < -0.39 is 0 Å². The lowest BCUT2D eigenvalue weighted by Gasteiger charge is -2.21. The number of H-pyrrole nitrogens is 1. The van der Waals surface area contributed by atoms with E-state index in [1.165, 1.54) is 11.2 Å². The van der Waals surface area contributed by atoms with Crippen LogP contribution in [0.25, 0.3) is 11.4 Å². The number of nitrogens with zero attached hydrogens (tertiary/aromatic N) is 4. The summed E-state index contributed by atoms with van der Waals surface area (Å²) < 4.78 is 1.15. The van der Waals surface area contributed by atoms with Crippen molar-refractivity contribution in [3.63, 3.8) is 0 Å². The van der Waals surface area contributed by atoms with Gasteiger partial charge in [0.25, 0.3) is 0 Å². The van der Waals surface area contributed by atoms with Crippen LogP contribution in [-0.2, 0) is 13.1 Å². The predicted octanol–water partition coefficient (Wildman–Crippen LogP) is 3.89. The normalized spacial score (nSPS) is 11.6. The van der Waals surface area contributed by atoms with Gasteiger partial charge in [-0.1, -0.05) is 18.2 Å². The van der Waals surface area contributed by atoms with Gasteiger partial charge in [-0.05, 0) is 46.6 Å². The Morgan fingerprint density at radius 3 is 2.92 bits per heavy atom. The minimum atomic E-state index is 0.600.